The quantitative estimate of drug-likeness (QED) is 0.804. The zero-order chi connectivity index (χ0) is 10.8. The monoisotopic (exact) mass is 200 g/mol. The number of rotatable bonds is 2. The summed E-state index contributed by atoms with van der Waals surface area (Å²) >= 11 is 0. The Bertz CT molecular complexity index is 489. The van der Waals surface area contributed by atoms with E-state index >= 15 is 0 Å². The Morgan fingerprint density at radius 1 is 1.20 bits per heavy atom. The Hall–Kier alpha value is -1.57. The molecule has 0 fully saturated rings. The maximum absolute atomic E-state index is 4.37. The number of anilines is 1. The Morgan fingerprint density at radius 3 is 2.73 bits per heavy atom. The maximum Gasteiger partial charge on any atom is 0.133 e. The van der Waals surface area contributed by atoms with Gasteiger partial charge in [0, 0.05) is 18.1 Å². The largest absolute Gasteiger partial charge is 0.370 e. The summed E-state index contributed by atoms with van der Waals surface area (Å²) in [5, 5.41) is 5.80. The van der Waals surface area contributed by atoms with Crippen LogP contribution in [0.15, 0.2) is 24.4 Å². The average molecular weight is 200 g/mol. The van der Waals surface area contributed by atoms with Gasteiger partial charge >= 0.3 is 0 Å². The lowest BCUT2D eigenvalue weighted by atomic mass is 10.0. The van der Waals surface area contributed by atoms with Crippen LogP contribution in [0.2, 0.25) is 0 Å². The van der Waals surface area contributed by atoms with E-state index in [4.69, 9.17) is 0 Å². The van der Waals surface area contributed by atoms with Crippen LogP contribution in [-0.2, 0) is 0 Å². The van der Waals surface area contributed by atoms with E-state index in [2.05, 4.69) is 49.3 Å². The Labute approximate surface area is 90.3 Å². The summed E-state index contributed by atoms with van der Waals surface area (Å²) in [7, 11) is 0. The topological polar surface area (TPSA) is 24.9 Å². The smallest absolute Gasteiger partial charge is 0.133 e. The fourth-order valence-corrected chi connectivity index (χ4v) is 1.96. The van der Waals surface area contributed by atoms with Gasteiger partial charge in [0.1, 0.15) is 5.82 Å². The fraction of sp³-hybridized carbons (Fsp3) is 0.308. The number of aryl methyl sites for hydroxylation is 2. The van der Waals surface area contributed by atoms with Crippen LogP contribution in [0.3, 0.4) is 0 Å². The third kappa shape index (κ3) is 1.80. The van der Waals surface area contributed by atoms with Crippen LogP contribution in [0.5, 0.6) is 0 Å². The summed E-state index contributed by atoms with van der Waals surface area (Å²) < 4.78 is 0. The van der Waals surface area contributed by atoms with E-state index in [0.29, 0.717) is 0 Å². The van der Waals surface area contributed by atoms with Crippen LogP contribution in [0, 0.1) is 13.8 Å². The molecule has 0 unspecified atom stereocenters. The minimum absolute atomic E-state index is 0.902. The number of hydrogen-bond acceptors (Lipinski definition) is 2. The number of fused-ring (bicyclic) bond motifs is 1. The van der Waals surface area contributed by atoms with Crippen LogP contribution in [0.4, 0.5) is 5.82 Å². The maximum atomic E-state index is 4.37. The molecule has 1 aromatic carbocycles. The molecule has 0 amide bonds. The van der Waals surface area contributed by atoms with Crippen LogP contribution < -0.4 is 5.32 Å². The van der Waals surface area contributed by atoms with Gasteiger partial charge in [-0.3, -0.25) is 0 Å². The second-order valence-electron chi connectivity index (χ2n) is 3.87. The number of aromatic nitrogens is 1. The first-order valence-corrected chi connectivity index (χ1v) is 5.32. The van der Waals surface area contributed by atoms with Gasteiger partial charge in [-0.1, -0.05) is 11.6 Å². The Morgan fingerprint density at radius 2 is 2.00 bits per heavy atom. The summed E-state index contributed by atoms with van der Waals surface area (Å²) in [6.45, 7) is 7.25. The van der Waals surface area contributed by atoms with Crippen molar-refractivity contribution < 1.29 is 0 Å². The van der Waals surface area contributed by atoms with Crippen LogP contribution in [0.1, 0.15) is 18.1 Å². The first kappa shape index (κ1) is 9.97. The van der Waals surface area contributed by atoms with Gasteiger partial charge in [0.15, 0.2) is 0 Å². The highest BCUT2D eigenvalue weighted by Gasteiger charge is 2.03. The number of nitrogens with zero attached hydrogens (tertiary/aromatic N) is 1. The molecule has 15 heavy (non-hydrogen) atoms. The molecule has 2 aromatic rings. The van der Waals surface area contributed by atoms with E-state index in [1.165, 1.54) is 21.9 Å². The minimum Gasteiger partial charge on any atom is -0.370 e. The predicted molar refractivity (Wildman–Crippen MR) is 65.4 cm³/mol. The molecular formula is C13H16N2. The van der Waals surface area contributed by atoms with Gasteiger partial charge in [-0.15, -0.1) is 0 Å². The lowest BCUT2D eigenvalue weighted by molar-refractivity contribution is 1.17. The van der Waals surface area contributed by atoms with E-state index in [9.17, 15) is 0 Å². The lowest BCUT2D eigenvalue weighted by Gasteiger charge is -2.09. The first-order valence-electron chi connectivity index (χ1n) is 5.32. The third-order valence-corrected chi connectivity index (χ3v) is 2.58. The molecule has 0 aliphatic rings. The molecule has 0 aliphatic carbocycles. The molecule has 0 saturated heterocycles. The highest BCUT2D eigenvalue weighted by Crippen LogP contribution is 2.25. The van der Waals surface area contributed by atoms with Gasteiger partial charge < -0.3 is 5.32 Å². The van der Waals surface area contributed by atoms with E-state index in [1.807, 2.05) is 6.20 Å². The number of hydrogen-bond donors (Lipinski definition) is 1. The molecule has 2 heteroatoms. The third-order valence-electron chi connectivity index (χ3n) is 2.58. The molecule has 2 nitrogen and oxygen atoms in total. The molecule has 0 aliphatic heterocycles. The van der Waals surface area contributed by atoms with Crippen LogP contribution in [0.25, 0.3) is 10.8 Å². The van der Waals surface area contributed by atoms with Crippen molar-refractivity contribution in [3.63, 3.8) is 0 Å². The average Bonchev–Trinajstić information content (AvgIpc) is 2.19. The summed E-state index contributed by atoms with van der Waals surface area (Å²) in [5.74, 6) is 0.988. The molecule has 78 valence electrons. The van der Waals surface area contributed by atoms with Crippen molar-refractivity contribution >= 4 is 16.6 Å². The summed E-state index contributed by atoms with van der Waals surface area (Å²) in [6.07, 6.45) is 1.86. The normalized spacial score (nSPS) is 10.6. The lowest BCUT2D eigenvalue weighted by Crippen LogP contribution is -2.00. The molecule has 0 radical (unpaired) electrons. The minimum atomic E-state index is 0.902. The van der Waals surface area contributed by atoms with Crippen LogP contribution >= 0.6 is 0 Å². The van der Waals surface area contributed by atoms with Crippen molar-refractivity contribution in [1.29, 1.82) is 0 Å². The van der Waals surface area contributed by atoms with Crippen molar-refractivity contribution in [2.24, 2.45) is 0 Å². The second-order valence-corrected chi connectivity index (χ2v) is 3.87. The Kier molecular flexibility index (Phi) is 2.58. The zero-order valence-electron chi connectivity index (χ0n) is 9.46. The summed E-state index contributed by atoms with van der Waals surface area (Å²) in [4.78, 5) is 4.37. The van der Waals surface area contributed by atoms with Crippen LogP contribution in [-0.4, -0.2) is 11.5 Å². The summed E-state index contributed by atoms with van der Waals surface area (Å²) in [6, 6.07) is 6.47. The number of nitrogens with one attached hydrogen (secondary N) is 1. The zero-order valence-corrected chi connectivity index (χ0v) is 9.46. The van der Waals surface area contributed by atoms with Gasteiger partial charge in [0.05, 0.1) is 0 Å². The van der Waals surface area contributed by atoms with Crippen molar-refractivity contribution in [2.75, 3.05) is 11.9 Å². The van der Waals surface area contributed by atoms with E-state index in [1.54, 1.807) is 0 Å². The highest BCUT2D eigenvalue weighted by atomic mass is 15.0. The van der Waals surface area contributed by atoms with Gasteiger partial charge in [-0.2, -0.15) is 0 Å². The van der Waals surface area contributed by atoms with E-state index in [0.717, 1.165) is 12.4 Å². The van der Waals surface area contributed by atoms with E-state index in [-0.39, 0.29) is 0 Å². The standard InChI is InChI=1S/C13H16N2/c1-4-14-13-12-8-9(2)7-10(3)11(12)5-6-15-13/h5-8H,4H2,1-3H3,(H,14,15). The Balaban J connectivity index is 2.73. The molecule has 2 rings (SSSR count). The SMILES string of the molecule is CCNc1nccc2c(C)cc(C)cc12. The van der Waals surface area contributed by atoms with Crippen molar-refractivity contribution in [3.8, 4) is 0 Å². The number of pyridine rings is 1. The highest BCUT2D eigenvalue weighted by molar-refractivity contribution is 5.94. The van der Waals surface area contributed by atoms with Crippen molar-refractivity contribution in [3.05, 3.63) is 35.5 Å². The number of benzene rings is 1. The predicted octanol–water partition coefficient (Wildman–Crippen LogP) is 3.28. The van der Waals surface area contributed by atoms with Crippen molar-refractivity contribution in [2.45, 2.75) is 20.8 Å². The fourth-order valence-electron chi connectivity index (χ4n) is 1.96. The molecule has 0 bridgehead atoms. The molecule has 0 saturated carbocycles. The molecule has 0 atom stereocenters. The van der Waals surface area contributed by atoms with Gasteiger partial charge in [0.25, 0.3) is 0 Å². The summed E-state index contributed by atoms with van der Waals surface area (Å²) in [5.41, 5.74) is 2.60. The molecular weight excluding hydrogens is 184 g/mol. The van der Waals surface area contributed by atoms with Gasteiger partial charge in [-0.25, -0.2) is 4.98 Å². The molecule has 1 N–H and O–H groups in total. The first-order chi connectivity index (χ1) is 7.22. The van der Waals surface area contributed by atoms with E-state index < -0.39 is 0 Å². The van der Waals surface area contributed by atoms with Gasteiger partial charge in [0.2, 0.25) is 0 Å². The molecule has 1 heterocycles. The van der Waals surface area contributed by atoms with Crippen molar-refractivity contribution in [1.82, 2.24) is 4.98 Å². The molecule has 0 spiro atoms. The second kappa shape index (κ2) is 3.89. The molecule has 1 aromatic heterocycles. The van der Waals surface area contributed by atoms with Gasteiger partial charge in [-0.05, 0) is 43.9 Å².